The molecule has 3 heterocycles. The van der Waals surface area contributed by atoms with E-state index in [2.05, 4.69) is 21.0 Å². The van der Waals surface area contributed by atoms with Crippen LogP contribution in [0.25, 0.3) is 0 Å². The van der Waals surface area contributed by atoms with Crippen LogP contribution in [0, 0.1) is 0 Å². The van der Waals surface area contributed by atoms with Crippen molar-refractivity contribution in [2.24, 2.45) is 7.05 Å². The molecule has 2 aliphatic rings. The second-order valence-corrected chi connectivity index (χ2v) is 4.27. The molecule has 0 radical (unpaired) electrons. The molecule has 70 valence electrons. The van der Waals surface area contributed by atoms with Crippen LogP contribution >= 0.6 is 15.9 Å². The Labute approximate surface area is 83.9 Å². The van der Waals surface area contributed by atoms with E-state index in [1.165, 1.54) is 11.3 Å². The number of halogens is 1. The summed E-state index contributed by atoms with van der Waals surface area (Å²) in [6, 6.07) is 0. The normalized spacial score (nSPS) is 23.2. The van der Waals surface area contributed by atoms with Gasteiger partial charge >= 0.3 is 0 Å². The highest BCUT2D eigenvalue weighted by Crippen LogP contribution is 2.43. The van der Waals surface area contributed by atoms with Crippen LogP contribution in [0.15, 0.2) is 4.60 Å². The molecule has 1 aromatic heterocycles. The number of nitrogens with zero attached hydrogens (tertiary/aromatic N) is 2. The van der Waals surface area contributed by atoms with Gasteiger partial charge in [-0.05, 0) is 15.9 Å². The molecular weight excluding hydrogens is 236 g/mol. The van der Waals surface area contributed by atoms with Crippen molar-refractivity contribution in [1.82, 2.24) is 9.78 Å². The van der Waals surface area contributed by atoms with E-state index < -0.39 is 0 Å². The summed E-state index contributed by atoms with van der Waals surface area (Å²) in [6.45, 7) is 1.96. The average molecular weight is 245 g/mol. The Morgan fingerprint density at radius 1 is 1.54 bits per heavy atom. The highest BCUT2D eigenvalue weighted by atomic mass is 79.9. The fraction of sp³-hybridized carbons (Fsp3) is 0.625. The lowest BCUT2D eigenvalue weighted by Gasteiger charge is -2.37. The van der Waals surface area contributed by atoms with Gasteiger partial charge in [-0.25, -0.2) is 0 Å². The number of hydrogen-bond acceptors (Lipinski definition) is 3. The van der Waals surface area contributed by atoms with E-state index in [9.17, 15) is 0 Å². The first-order valence-corrected chi connectivity index (χ1v) is 4.96. The molecule has 0 bridgehead atoms. The van der Waals surface area contributed by atoms with E-state index in [1.54, 1.807) is 0 Å². The molecule has 1 spiro atoms. The number of aromatic nitrogens is 2. The van der Waals surface area contributed by atoms with Crippen molar-refractivity contribution in [1.29, 1.82) is 0 Å². The summed E-state index contributed by atoms with van der Waals surface area (Å²) in [5, 5.41) is 4.31. The maximum atomic E-state index is 5.73. The van der Waals surface area contributed by atoms with E-state index in [4.69, 9.17) is 9.47 Å². The van der Waals surface area contributed by atoms with Crippen LogP contribution in [0.2, 0.25) is 0 Å². The third-order valence-corrected chi connectivity index (χ3v) is 3.33. The summed E-state index contributed by atoms with van der Waals surface area (Å²) < 4.78 is 13.7. The lowest BCUT2D eigenvalue weighted by atomic mass is 9.97. The third kappa shape index (κ3) is 0.846. The van der Waals surface area contributed by atoms with Crippen molar-refractivity contribution >= 4 is 15.9 Å². The van der Waals surface area contributed by atoms with Crippen LogP contribution < -0.4 is 0 Å². The Hall–Kier alpha value is -0.390. The van der Waals surface area contributed by atoms with Crippen molar-refractivity contribution < 1.29 is 9.47 Å². The zero-order chi connectivity index (χ0) is 9.05. The topological polar surface area (TPSA) is 36.3 Å². The zero-order valence-corrected chi connectivity index (χ0v) is 8.80. The van der Waals surface area contributed by atoms with Gasteiger partial charge < -0.3 is 9.47 Å². The standard InChI is InChI=1S/C8H9BrN2O2/c1-11-6-5(7(9)10-11)2-13-8(6)3-12-4-8/h2-4H2,1H3. The van der Waals surface area contributed by atoms with Gasteiger partial charge in [-0.3, -0.25) is 4.68 Å². The lowest BCUT2D eigenvalue weighted by Crippen LogP contribution is -2.47. The van der Waals surface area contributed by atoms with Crippen molar-refractivity contribution in [3.63, 3.8) is 0 Å². The fourth-order valence-corrected chi connectivity index (χ4v) is 2.56. The number of rotatable bonds is 0. The van der Waals surface area contributed by atoms with Crippen LogP contribution in [0.3, 0.4) is 0 Å². The molecule has 0 saturated carbocycles. The molecule has 2 aliphatic heterocycles. The summed E-state index contributed by atoms with van der Waals surface area (Å²) in [5.41, 5.74) is 2.15. The highest BCUT2D eigenvalue weighted by Gasteiger charge is 2.50. The summed E-state index contributed by atoms with van der Waals surface area (Å²) >= 11 is 3.42. The van der Waals surface area contributed by atoms with Gasteiger partial charge in [0.05, 0.1) is 25.5 Å². The first kappa shape index (κ1) is 7.96. The minimum absolute atomic E-state index is 0.191. The molecule has 4 nitrogen and oxygen atoms in total. The van der Waals surface area contributed by atoms with Crippen molar-refractivity contribution in [2.75, 3.05) is 13.2 Å². The van der Waals surface area contributed by atoms with E-state index >= 15 is 0 Å². The van der Waals surface area contributed by atoms with E-state index in [1.807, 2.05) is 11.7 Å². The Kier molecular flexibility index (Phi) is 1.44. The average Bonchev–Trinajstić information content (AvgIpc) is 2.51. The quantitative estimate of drug-likeness (QED) is 0.682. The smallest absolute Gasteiger partial charge is 0.157 e. The molecule has 0 atom stereocenters. The molecule has 13 heavy (non-hydrogen) atoms. The van der Waals surface area contributed by atoms with Gasteiger partial charge in [-0.1, -0.05) is 0 Å². The van der Waals surface area contributed by atoms with Crippen molar-refractivity contribution in [3.8, 4) is 0 Å². The van der Waals surface area contributed by atoms with Gasteiger partial charge in [-0.2, -0.15) is 5.10 Å². The summed E-state index contributed by atoms with van der Waals surface area (Å²) in [4.78, 5) is 0. The Balaban J connectivity index is 2.19. The van der Waals surface area contributed by atoms with Gasteiger partial charge in [0.2, 0.25) is 0 Å². The van der Waals surface area contributed by atoms with Crippen molar-refractivity contribution in [3.05, 3.63) is 15.9 Å². The predicted molar refractivity (Wildman–Crippen MR) is 48.2 cm³/mol. The zero-order valence-electron chi connectivity index (χ0n) is 7.21. The van der Waals surface area contributed by atoms with Gasteiger partial charge in [-0.15, -0.1) is 0 Å². The van der Waals surface area contributed by atoms with E-state index in [0.717, 1.165) is 4.60 Å². The number of hydrogen-bond donors (Lipinski definition) is 0. The van der Waals surface area contributed by atoms with Gasteiger partial charge in [0, 0.05) is 12.6 Å². The van der Waals surface area contributed by atoms with Crippen LogP contribution in [0.1, 0.15) is 11.3 Å². The molecular formula is C8H9BrN2O2. The second kappa shape index (κ2) is 2.34. The Morgan fingerprint density at radius 3 is 2.92 bits per heavy atom. The first-order valence-electron chi connectivity index (χ1n) is 4.16. The molecule has 1 fully saturated rings. The first-order chi connectivity index (χ1) is 6.23. The molecule has 3 rings (SSSR count). The third-order valence-electron chi connectivity index (χ3n) is 2.69. The van der Waals surface area contributed by atoms with Crippen LogP contribution in [-0.4, -0.2) is 23.0 Å². The van der Waals surface area contributed by atoms with Gasteiger partial charge in [0.25, 0.3) is 0 Å². The molecule has 0 N–H and O–H groups in total. The van der Waals surface area contributed by atoms with Gasteiger partial charge in [0.15, 0.2) is 5.60 Å². The lowest BCUT2D eigenvalue weighted by molar-refractivity contribution is -0.212. The van der Waals surface area contributed by atoms with Crippen LogP contribution in [0.4, 0.5) is 0 Å². The second-order valence-electron chi connectivity index (χ2n) is 3.52. The van der Waals surface area contributed by atoms with Crippen LogP contribution in [-0.2, 0) is 28.7 Å². The maximum absolute atomic E-state index is 5.73. The molecule has 0 amide bonds. The number of fused-ring (bicyclic) bond motifs is 2. The summed E-state index contributed by atoms with van der Waals surface area (Å²) in [5.74, 6) is 0. The SMILES string of the molecule is Cn1nc(Br)c2c1C1(COC1)OC2. The summed E-state index contributed by atoms with van der Waals surface area (Å²) in [7, 11) is 1.94. The Morgan fingerprint density at radius 2 is 2.31 bits per heavy atom. The number of ether oxygens (including phenoxy) is 2. The highest BCUT2D eigenvalue weighted by molar-refractivity contribution is 9.10. The Bertz CT molecular complexity index is 370. The molecule has 5 heteroatoms. The minimum atomic E-state index is -0.191. The molecule has 0 aromatic carbocycles. The largest absolute Gasteiger partial charge is 0.374 e. The minimum Gasteiger partial charge on any atom is -0.374 e. The predicted octanol–water partition coefficient (Wildman–Crippen LogP) is 0.938. The van der Waals surface area contributed by atoms with Crippen molar-refractivity contribution in [2.45, 2.75) is 12.2 Å². The monoisotopic (exact) mass is 244 g/mol. The van der Waals surface area contributed by atoms with Gasteiger partial charge in [0.1, 0.15) is 4.60 Å². The van der Waals surface area contributed by atoms with E-state index in [-0.39, 0.29) is 5.60 Å². The summed E-state index contributed by atoms with van der Waals surface area (Å²) in [6.07, 6.45) is 0. The van der Waals surface area contributed by atoms with E-state index in [0.29, 0.717) is 19.8 Å². The molecule has 1 saturated heterocycles. The fourth-order valence-electron chi connectivity index (χ4n) is 2.02. The molecule has 0 unspecified atom stereocenters. The maximum Gasteiger partial charge on any atom is 0.157 e. The molecule has 1 aromatic rings. The van der Waals surface area contributed by atoms with Crippen LogP contribution in [0.5, 0.6) is 0 Å². The number of aryl methyl sites for hydroxylation is 1. The molecule has 0 aliphatic carbocycles.